The molecule has 0 aliphatic rings. The van der Waals surface area contributed by atoms with Gasteiger partial charge in [-0.25, -0.2) is 4.57 Å². The number of esters is 1. The third kappa shape index (κ3) is 44.4. The number of carbonyl (C=O) groups is 1. The van der Waals surface area contributed by atoms with Gasteiger partial charge < -0.3 is 20.1 Å². The standard InChI is InChI=1S/C46H94NO7P/c1-3-5-7-9-11-13-15-17-19-20-21-22-23-24-25-27-29-31-33-35-37-39-46(48)54-45(44-53-55(49,50)52-42-40-47)43-51-41-38-36-34-32-30-28-26-18-16-14-12-10-8-6-4-2/h45H,3-44,47H2,1-2H3,(H,49,50). The Labute approximate surface area is 341 Å². The highest BCUT2D eigenvalue weighted by Gasteiger charge is 2.25. The molecule has 0 heterocycles. The number of unbranched alkanes of at least 4 members (excludes halogenated alkanes) is 34. The van der Waals surface area contributed by atoms with Crippen LogP contribution in [0, 0.1) is 0 Å². The summed E-state index contributed by atoms with van der Waals surface area (Å²) < 4.78 is 33.5. The van der Waals surface area contributed by atoms with Crippen LogP contribution in [0.4, 0.5) is 0 Å². The van der Waals surface area contributed by atoms with Crippen LogP contribution in [0.3, 0.4) is 0 Å². The van der Waals surface area contributed by atoms with Crippen LogP contribution in [0.15, 0.2) is 0 Å². The average Bonchev–Trinajstić information content (AvgIpc) is 3.17. The minimum absolute atomic E-state index is 0.0899. The lowest BCUT2D eigenvalue weighted by Crippen LogP contribution is -2.28. The molecule has 0 saturated heterocycles. The van der Waals surface area contributed by atoms with E-state index in [9.17, 15) is 14.3 Å². The number of ether oxygens (including phenoxy) is 2. The minimum atomic E-state index is -4.27. The summed E-state index contributed by atoms with van der Waals surface area (Å²) in [5, 5.41) is 0. The molecule has 3 N–H and O–H groups in total. The molecule has 0 aliphatic carbocycles. The molecule has 0 saturated carbocycles. The second-order valence-corrected chi connectivity index (χ2v) is 17.8. The van der Waals surface area contributed by atoms with E-state index < -0.39 is 13.9 Å². The first-order valence-corrected chi connectivity index (χ1v) is 25.5. The van der Waals surface area contributed by atoms with Gasteiger partial charge in [-0.05, 0) is 12.8 Å². The molecule has 55 heavy (non-hydrogen) atoms. The van der Waals surface area contributed by atoms with Gasteiger partial charge in [0.25, 0.3) is 0 Å². The predicted molar refractivity (Wildman–Crippen MR) is 234 cm³/mol. The van der Waals surface area contributed by atoms with Crippen molar-refractivity contribution in [3.63, 3.8) is 0 Å². The first kappa shape index (κ1) is 54.5. The summed E-state index contributed by atoms with van der Waals surface area (Å²) in [5.41, 5.74) is 5.38. The summed E-state index contributed by atoms with van der Waals surface area (Å²) in [6.45, 7) is 5.00. The third-order valence-corrected chi connectivity index (χ3v) is 11.8. The van der Waals surface area contributed by atoms with Crippen LogP contribution in [0.2, 0.25) is 0 Å². The maximum absolute atomic E-state index is 12.6. The molecule has 0 bridgehead atoms. The van der Waals surface area contributed by atoms with Gasteiger partial charge in [-0.1, -0.05) is 232 Å². The molecule has 0 aromatic carbocycles. The Bertz CT molecular complexity index is 817. The van der Waals surface area contributed by atoms with Crippen LogP contribution in [0.25, 0.3) is 0 Å². The molecule has 0 amide bonds. The van der Waals surface area contributed by atoms with E-state index in [1.807, 2.05) is 0 Å². The van der Waals surface area contributed by atoms with E-state index >= 15 is 0 Å². The Morgan fingerprint density at radius 1 is 0.473 bits per heavy atom. The molecular formula is C46H94NO7P. The maximum Gasteiger partial charge on any atom is 0.472 e. The topological polar surface area (TPSA) is 117 Å². The molecular weight excluding hydrogens is 709 g/mol. The fourth-order valence-corrected chi connectivity index (χ4v) is 8.00. The number of hydrogen-bond acceptors (Lipinski definition) is 7. The zero-order chi connectivity index (χ0) is 40.2. The van der Waals surface area contributed by atoms with Gasteiger partial charge in [0.1, 0.15) is 6.10 Å². The Balaban J connectivity index is 3.90. The molecule has 0 aromatic rings. The molecule has 0 aliphatic heterocycles. The van der Waals surface area contributed by atoms with Crippen molar-refractivity contribution in [2.24, 2.45) is 5.73 Å². The van der Waals surface area contributed by atoms with Gasteiger partial charge in [0.05, 0.1) is 19.8 Å². The molecule has 2 atom stereocenters. The van der Waals surface area contributed by atoms with Crippen molar-refractivity contribution in [2.75, 3.05) is 33.0 Å². The van der Waals surface area contributed by atoms with Gasteiger partial charge in [-0.2, -0.15) is 0 Å². The Morgan fingerprint density at radius 3 is 1.15 bits per heavy atom. The Morgan fingerprint density at radius 2 is 0.800 bits per heavy atom. The lowest BCUT2D eigenvalue weighted by molar-refractivity contribution is -0.154. The highest BCUT2D eigenvalue weighted by molar-refractivity contribution is 7.47. The lowest BCUT2D eigenvalue weighted by atomic mass is 10.0. The van der Waals surface area contributed by atoms with Crippen molar-refractivity contribution < 1.29 is 32.8 Å². The van der Waals surface area contributed by atoms with Crippen LogP contribution < -0.4 is 5.73 Å². The van der Waals surface area contributed by atoms with Gasteiger partial charge in [-0.15, -0.1) is 0 Å². The van der Waals surface area contributed by atoms with E-state index in [0.29, 0.717) is 13.0 Å². The second kappa shape index (κ2) is 44.6. The van der Waals surface area contributed by atoms with Crippen molar-refractivity contribution in [3.8, 4) is 0 Å². The molecule has 0 spiro atoms. The number of phosphoric ester groups is 1. The molecule has 2 unspecified atom stereocenters. The van der Waals surface area contributed by atoms with Crippen molar-refractivity contribution >= 4 is 13.8 Å². The number of hydrogen-bond donors (Lipinski definition) is 2. The van der Waals surface area contributed by atoms with E-state index in [1.165, 1.54) is 199 Å². The second-order valence-electron chi connectivity index (χ2n) is 16.3. The molecule has 330 valence electrons. The summed E-state index contributed by atoms with van der Waals surface area (Å²) in [4.78, 5) is 22.5. The zero-order valence-corrected chi connectivity index (χ0v) is 37.6. The predicted octanol–water partition coefficient (Wildman–Crippen LogP) is 14.5. The Hall–Kier alpha value is -0.500. The van der Waals surface area contributed by atoms with Crippen LogP contribution in [0.5, 0.6) is 0 Å². The van der Waals surface area contributed by atoms with Gasteiger partial charge in [0.15, 0.2) is 0 Å². The highest BCUT2D eigenvalue weighted by Crippen LogP contribution is 2.43. The molecule has 9 heteroatoms. The lowest BCUT2D eigenvalue weighted by Gasteiger charge is -2.20. The normalized spacial score (nSPS) is 13.3. The third-order valence-electron chi connectivity index (χ3n) is 10.8. The average molecular weight is 804 g/mol. The van der Waals surface area contributed by atoms with Crippen LogP contribution in [-0.4, -0.2) is 49.9 Å². The summed E-state index contributed by atoms with van der Waals surface area (Å²) in [6, 6.07) is 0. The minimum Gasteiger partial charge on any atom is -0.457 e. The largest absolute Gasteiger partial charge is 0.472 e. The number of nitrogens with two attached hydrogens (primary N) is 1. The number of carbonyl (C=O) groups excluding carboxylic acids is 1. The molecule has 0 radical (unpaired) electrons. The summed E-state index contributed by atoms with van der Waals surface area (Å²) in [5.74, 6) is -0.322. The molecule has 0 fully saturated rings. The van der Waals surface area contributed by atoms with E-state index in [-0.39, 0.29) is 32.3 Å². The maximum atomic E-state index is 12.6. The van der Waals surface area contributed by atoms with E-state index in [0.717, 1.165) is 32.1 Å². The van der Waals surface area contributed by atoms with Gasteiger partial charge in [0.2, 0.25) is 0 Å². The van der Waals surface area contributed by atoms with Crippen molar-refractivity contribution in [1.29, 1.82) is 0 Å². The molecule has 0 rings (SSSR count). The monoisotopic (exact) mass is 804 g/mol. The summed E-state index contributed by atoms with van der Waals surface area (Å²) in [7, 11) is -4.27. The summed E-state index contributed by atoms with van der Waals surface area (Å²) in [6.07, 6.45) is 47.0. The van der Waals surface area contributed by atoms with Crippen LogP contribution in [-0.2, 0) is 27.9 Å². The summed E-state index contributed by atoms with van der Waals surface area (Å²) >= 11 is 0. The SMILES string of the molecule is CCCCCCCCCCCCCCCCCCCCCCCC(=O)OC(COCCCCCCCCCCCCCCCCC)COP(=O)(O)OCCN. The molecule has 8 nitrogen and oxygen atoms in total. The fraction of sp³-hybridized carbons (Fsp3) is 0.978. The zero-order valence-electron chi connectivity index (χ0n) is 36.7. The quantitative estimate of drug-likeness (QED) is 0.0355. The van der Waals surface area contributed by atoms with Gasteiger partial charge in [-0.3, -0.25) is 13.8 Å². The first-order chi connectivity index (χ1) is 26.9. The van der Waals surface area contributed by atoms with E-state index in [1.54, 1.807) is 0 Å². The highest BCUT2D eigenvalue weighted by atomic mass is 31.2. The van der Waals surface area contributed by atoms with Crippen molar-refractivity contribution in [2.45, 2.75) is 258 Å². The van der Waals surface area contributed by atoms with Gasteiger partial charge in [0, 0.05) is 19.6 Å². The van der Waals surface area contributed by atoms with Crippen LogP contribution in [0.1, 0.15) is 251 Å². The van der Waals surface area contributed by atoms with Crippen molar-refractivity contribution in [1.82, 2.24) is 0 Å². The smallest absolute Gasteiger partial charge is 0.457 e. The van der Waals surface area contributed by atoms with E-state index in [2.05, 4.69) is 13.8 Å². The first-order valence-electron chi connectivity index (χ1n) is 24.0. The number of phosphoric acid groups is 1. The van der Waals surface area contributed by atoms with Crippen LogP contribution >= 0.6 is 7.82 Å². The van der Waals surface area contributed by atoms with Crippen molar-refractivity contribution in [3.05, 3.63) is 0 Å². The van der Waals surface area contributed by atoms with E-state index in [4.69, 9.17) is 24.3 Å². The Kier molecular flexibility index (Phi) is 44.2. The van der Waals surface area contributed by atoms with Gasteiger partial charge >= 0.3 is 13.8 Å². The molecule has 0 aromatic heterocycles. The number of rotatable bonds is 47. The fourth-order valence-electron chi connectivity index (χ4n) is 7.24.